The van der Waals surface area contributed by atoms with Crippen molar-refractivity contribution in [3.63, 3.8) is 0 Å². The van der Waals surface area contributed by atoms with Crippen LogP contribution in [0.3, 0.4) is 0 Å². The molecule has 1 atom stereocenters. The van der Waals surface area contributed by atoms with Crippen LogP contribution in [0.25, 0.3) is 0 Å². The molecule has 2 N–H and O–H groups in total. The lowest BCUT2D eigenvalue weighted by molar-refractivity contribution is -0.138. The molecule has 1 unspecified atom stereocenters. The first kappa shape index (κ1) is 15.3. The molecule has 1 heterocycles. The number of aromatic nitrogens is 2. The first-order valence-electron chi connectivity index (χ1n) is 7.07. The molecule has 2 aromatic rings. The lowest BCUT2D eigenvalue weighted by Gasteiger charge is -2.09. The molecule has 0 radical (unpaired) electrons. The van der Waals surface area contributed by atoms with Crippen LogP contribution in [0.2, 0.25) is 0 Å². The van der Waals surface area contributed by atoms with E-state index in [-0.39, 0.29) is 0 Å². The number of carboxylic acid groups (broad SMARTS) is 1. The van der Waals surface area contributed by atoms with E-state index >= 15 is 0 Å². The van der Waals surface area contributed by atoms with Gasteiger partial charge in [-0.3, -0.25) is 9.48 Å². The van der Waals surface area contributed by atoms with E-state index in [4.69, 9.17) is 5.11 Å². The van der Waals surface area contributed by atoms with Gasteiger partial charge < -0.3 is 10.4 Å². The summed E-state index contributed by atoms with van der Waals surface area (Å²) in [6.45, 7) is 6.16. The minimum Gasteiger partial charge on any atom is -0.481 e. The van der Waals surface area contributed by atoms with E-state index in [0.717, 1.165) is 36.3 Å². The van der Waals surface area contributed by atoms with Gasteiger partial charge in [0.2, 0.25) is 0 Å². The molecule has 2 rings (SSSR count). The number of carbonyl (C=O) groups is 1. The quantitative estimate of drug-likeness (QED) is 0.766. The number of benzene rings is 1. The first-order valence-corrected chi connectivity index (χ1v) is 7.07. The van der Waals surface area contributed by atoms with Crippen molar-refractivity contribution in [3.05, 3.63) is 53.3 Å². The Morgan fingerprint density at radius 2 is 2.10 bits per heavy atom. The molecular formula is C16H21N3O2. The third-order valence-corrected chi connectivity index (χ3v) is 3.46. The number of carboxylic acids is 1. The standard InChI is InChI=1S/C16H21N3O2/c1-12-9-18-19(11-12)8-7-17-10-14-3-5-15(6-4-14)13(2)16(20)21/h3-6,9,11,13,17H,7-8,10H2,1-2H3,(H,20,21). The van der Waals surface area contributed by atoms with Gasteiger partial charge in [0.25, 0.3) is 0 Å². The number of hydrogen-bond donors (Lipinski definition) is 2. The summed E-state index contributed by atoms with van der Waals surface area (Å²) in [6.07, 6.45) is 3.87. The Kier molecular flexibility index (Phi) is 5.11. The van der Waals surface area contributed by atoms with Crippen LogP contribution in [0.4, 0.5) is 0 Å². The van der Waals surface area contributed by atoms with E-state index in [9.17, 15) is 4.79 Å². The predicted molar refractivity (Wildman–Crippen MR) is 81.2 cm³/mol. The molecule has 0 aliphatic rings. The van der Waals surface area contributed by atoms with Crippen LogP contribution >= 0.6 is 0 Å². The Labute approximate surface area is 124 Å². The average Bonchev–Trinajstić information content (AvgIpc) is 2.89. The number of nitrogens with zero attached hydrogens (tertiary/aromatic N) is 2. The van der Waals surface area contributed by atoms with Crippen molar-refractivity contribution in [3.8, 4) is 0 Å². The summed E-state index contributed by atoms with van der Waals surface area (Å²) in [5.74, 6) is -1.26. The summed E-state index contributed by atoms with van der Waals surface area (Å²) in [7, 11) is 0. The van der Waals surface area contributed by atoms with Gasteiger partial charge in [-0.15, -0.1) is 0 Å². The minimum atomic E-state index is -0.796. The molecule has 21 heavy (non-hydrogen) atoms. The van der Waals surface area contributed by atoms with Crippen molar-refractivity contribution in [1.82, 2.24) is 15.1 Å². The summed E-state index contributed by atoms with van der Waals surface area (Å²) < 4.78 is 1.92. The van der Waals surface area contributed by atoms with Crippen molar-refractivity contribution in [1.29, 1.82) is 0 Å². The molecule has 0 saturated carbocycles. The second-order valence-corrected chi connectivity index (χ2v) is 5.26. The summed E-state index contributed by atoms with van der Waals surface area (Å²) >= 11 is 0. The van der Waals surface area contributed by atoms with Crippen LogP contribution in [-0.2, 0) is 17.9 Å². The van der Waals surface area contributed by atoms with Gasteiger partial charge in [0.1, 0.15) is 0 Å². The molecule has 0 fully saturated rings. The van der Waals surface area contributed by atoms with E-state index < -0.39 is 11.9 Å². The molecule has 0 aliphatic heterocycles. The molecule has 5 heteroatoms. The van der Waals surface area contributed by atoms with Gasteiger partial charge in [0, 0.05) is 19.3 Å². The molecule has 112 valence electrons. The topological polar surface area (TPSA) is 67.2 Å². The molecule has 0 bridgehead atoms. The molecule has 1 aromatic heterocycles. The number of nitrogens with one attached hydrogen (secondary N) is 1. The van der Waals surface area contributed by atoms with Gasteiger partial charge in [-0.25, -0.2) is 0 Å². The monoisotopic (exact) mass is 287 g/mol. The van der Waals surface area contributed by atoms with Gasteiger partial charge in [0.05, 0.1) is 18.7 Å². The molecule has 0 saturated heterocycles. The number of aryl methyl sites for hydroxylation is 1. The second-order valence-electron chi connectivity index (χ2n) is 5.26. The van der Waals surface area contributed by atoms with E-state index in [1.165, 1.54) is 0 Å². The van der Waals surface area contributed by atoms with Gasteiger partial charge in [0.15, 0.2) is 0 Å². The Balaban J connectivity index is 1.77. The predicted octanol–water partition coefficient (Wildman–Crippen LogP) is 2.17. The fraction of sp³-hybridized carbons (Fsp3) is 0.375. The van der Waals surface area contributed by atoms with E-state index in [1.807, 2.05) is 48.3 Å². The lowest BCUT2D eigenvalue weighted by atomic mass is 10.0. The molecule has 0 spiro atoms. The highest BCUT2D eigenvalue weighted by Crippen LogP contribution is 2.15. The van der Waals surface area contributed by atoms with Gasteiger partial charge in [-0.05, 0) is 30.5 Å². The average molecular weight is 287 g/mol. The van der Waals surface area contributed by atoms with E-state index in [1.54, 1.807) is 6.92 Å². The normalized spacial score (nSPS) is 12.3. The molecule has 5 nitrogen and oxygen atoms in total. The summed E-state index contributed by atoms with van der Waals surface area (Å²) in [4.78, 5) is 10.9. The Bertz CT molecular complexity index is 590. The number of hydrogen-bond acceptors (Lipinski definition) is 3. The molecule has 0 amide bonds. The minimum absolute atomic E-state index is 0.463. The third-order valence-electron chi connectivity index (χ3n) is 3.46. The summed E-state index contributed by atoms with van der Waals surface area (Å²) in [6, 6.07) is 7.71. The third kappa shape index (κ3) is 4.43. The number of aliphatic carboxylic acids is 1. The zero-order chi connectivity index (χ0) is 15.2. The van der Waals surface area contributed by atoms with Crippen LogP contribution in [0.5, 0.6) is 0 Å². The maximum Gasteiger partial charge on any atom is 0.310 e. The number of rotatable bonds is 7. The van der Waals surface area contributed by atoms with Crippen LogP contribution in [0.15, 0.2) is 36.7 Å². The summed E-state index contributed by atoms with van der Waals surface area (Å²) in [5, 5.41) is 16.6. The molecular weight excluding hydrogens is 266 g/mol. The Hall–Kier alpha value is -2.14. The van der Waals surface area contributed by atoms with E-state index in [0.29, 0.717) is 0 Å². The fourth-order valence-corrected chi connectivity index (χ4v) is 2.08. The second kappa shape index (κ2) is 7.04. The first-order chi connectivity index (χ1) is 10.1. The maximum absolute atomic E-state index is 10.9. The smallest absolute Gasteiger partial charge is 0.310 e. The highest BCUT2D eigenvalue weighted by Gasteiger charge is 2.12. The van der Waals surface area contributed by atoms with Crippen LogP contribution in [0.1, 0.15) is 29.5 Å². The highest BCUT2D eigenvalue weighted by molar-refractivity contribution is 5.75. The van der Waals surface area contributed by atoms with Gasteiger partial charge >= 0.3 is 5.97 Å². The SMILES string of the molecule is Cc1cnn(CCNCc2ccc(C(C)C(=O)O)cc2)c1. The van der Waals surface area contributed by atoms with Gasteiger partial charge in [-0.1, -0.05) is 24.3 Å². The van der Waals surface area contributed by atoms with Crippen LogP contribution in [-0.4, -0.2) is 27.4 Å². The largest absolute Gasteiger partial charge is 0.481 e. The van der Waals surface area contributed by atoms with Crippen molar-refractivity contribution in [2.45, 2.75) is 32.9 Å². The zero-order valence-corrected chi connectivity index (χ0v) is 12.4. The van der Waals surface area contributed by atoms with Crippen LogP contribution < -0.4 is 5.32 Å². The zero-order valence-electron chi connectivity index (χ0n) is 12.4. The maximum atomic E-state index is 10.9. The Morgan fingerprint density at radius 1 is 1.38 bits per heavy atom. The van der Waals surface area contributed by atoms with Crippen molar-refractivity contribution in [2.24, 2.45) is 0 Å². The summed E-state index contributed by atoms with van der Waals surface area (Å²) in [5.41, 5.74) is 3.14. The van der Waals surface area contributed by atoms with Crippen LogP contribution in [0, 0.1) is 6.92 Å². The highest BCUT2D eigenvalue weighted by atomic mass is 16.4. The van der Waals surface area contributed by atoms with E-state index in [2.05, 4.69) is 10.4 Å². The van der Waals surface area contributed by atoms with Crippen molar-refractivity contribution >= 4 is 5.97 Å². The molecule has 1 aromatic carbocycles. The lowest BCUT2D eigenvalue weighted by Crippen LogP contribution is -2.19. The van der Waals surface area contributed by atoms with Crippen molar-refractivity contribution in [2.75, 3.05) is 6.54 Å². The molecule has 0 aliphatic carbocycles. The fourth-order valence-electron chi connectivity index (χ4n) is 2.08. The van der Waals surface area contributed by atoms with Crippen molar-refractivity contribution < 1.29 is 9.90 Å². The Morgan fingerprint density at radius 3 is 2.67 bits per heavy atom. The van der Waals surface area contributed by atoms with Gasteiger partial charge in [-0.2, -0.15) is 5.10 Å².